The quantitative estimate of drug-likeness (QED) is 0.387. The molecule has 0 saturated carbocycles. The van der Waals surface area contributed by atoms with Crippen molar-refractivity contribution in [3.05, 3.63) is 12.7 Å². The van der Waals surface area contributed by atoms with Crippen LogP contribution in [0.15, 0.2) is 12.7 Å². The van der Waals surface area contributed by atoms with Crippen LogP contribution in [-0.2, 0) is 14.3 Å². The first kappa shape index (κ1) is 9.77. The van der Waals surface area contributed by atoms with Gasteiger partial charge < -0.3 is 10.1 Å². The zero-order valence-corrected chi connectivity index (χ0v) is 7.79. The maximum absolute atomic E-state index is 11.2. The molecule has 1 amide bonds. The van der Waals surface area contributed by atoms with Crippen LogP contribution in [0.3, 0.4) is 0 Å². The predicted octanol–water partition coefficient (Wildman–Crippen LogP) is 0.240. The number of allylic oxidation sites excluding steroid dienone is 1. The van der Waals surface area contributed by atoms with Gasteiger partial charge in [-0.1, -0.05) is 6.08 Å². The van der Waals surface area contributed by atoms with Gasteiger partial charge in [-0.2, -0.15) is 0 Å². The lowest BCUT2D eigenvalue weighted by Gasteiger charge is -2.43. The molecule has 4 heteroatoms. The van der Waals surface area contributed by atoms with Gasteiger partial charge in [0, 0.05) is 0 Å². The third-order valence-electron chi connectivity index (χ3n) is 2.44. The SMILES string of the molecule is C=CC[C@@]1(C)C(=O)N[C@@H]1C(=O)OC. The van der Waals surface area contributed by atoms with Crippen LogP contribution in [0.2, 0.25) is 0 Å². The molecule has 0 aromatic heterocycles. The van der Waals surface area contributed by atoms with E-state index in [4.69, 9.17) is 0 Å². The smallest absolute Gasteiger partial charge is 0.329 e. The number of amides is 1. The van der Waals surface area contributed by atoms with E-state index in [1.54, 1.807) is 13.0 Å². The average Bonchev–Trinajstić information content (AvgIpc) is 2.13. The van der Waals surface area contributed by atoms with Crippen molar-refractivity contribution < 1.29 is 14.3 Å². The highest BCUT2D eigenvalue weighted by Gasteiger charge is 2.54. The average molecular weight is 183 g/mol. The number of esters is 1. The number of nitrogens with one attached hydrogen (secondary N) is 1. The molecule has 2 atom stereocenters. The Morgan fingerprint density at radius 3 is 2.85 bits per heavy atom. The Hall–Kier alpha value is -1.32. The van der Waals surface area contributed by atoms with Crippen molar-refractivity contribution in [1.29, 1.82) is 0 Å². The van der Waals surface area contributed by atoms with Gasteiger partial charge in [-0.25, -0.2) is 4.79 Å². The third-order valence-corrected chi connectivity index (χ3v) is 2.44. The maximum Gasteiger partial charge on any atom is 0.329 e. The lowest BCUT2D eigenvalue weighted by atomic mass is 9.72. The van der Waals surface area contributed by atoms with E-state index in [-0.39, 0.29) is 5.91 Å². The van der Waals surface area contributed by atoms with Crippen molar-refractivity contribution >= 4 is 11.9 Å². The van der Waals surface area contributed by atoms with Gasteiger partial charge in [0.15, 0.2) is 0 Å². The van der Waals surface area contributed by atoms with E-state index in [0.717, 1.165) is 0 Å². The Morgan fingerprint density at radius 2 is 2.46 bits per heavy atom. The van der Waals surface area contributed by atoms with E-state index in [2.05, 4.69) is 16.6 Å². The van der Waals surface area contributed by atoms with Crippen LogP contribution in [-0.4, -0.2) is 25.0 Å². The molecule has 1 rings (SSSR count). The molecule has 0 aromatic rings. The summed E-state index contributed by atoms with van der Waals surface area (Å²) in [5.74, 6) is -0.522. The summed E-state index contributed by atoms with van der Waals surface area (Å²) in [7, 11) is 1.31. The topological polar surface area (TPSA) is 55.4 Å². The molecule has 1 saturated heterocycles. The van der Waals surface area contributed by atoms with Crippen LogP contribution in [0.1, 0.15) is 13.3 Å². The van der Waals surface area contributed by atoms with Gasteiger partial charge in [0.05, 0.1) is 12.5 Å². The Morgan fingerprint density at radius 1 is 1.85 bits per heavy atom. The standard InChI is InChI=1S/C9H13NO3/c1-4-5-9(2)6(7(11)13-3)10-8(9)12/h4,6H,1,5H2,2-3H3,(H,10,12)/t6-,9-/m1/s1. The minimum Gasteiger partial charge on any atom is -0.467 e. The second-order valence-corrected chi connectivity index (χ2v) is 3.34. The zero-order valence-electron chi connectivity index (χ0n) is 7.79. The van der Waals surface area contributed by atoms with Crippen molar-refractivity contribution in [2.45, 2.75) is 19.4 Å². The summed E-state index contributed by atoms with van der Waals surface area (Å²) < 4.78 is 4.56. The highest BCUT2D eigenvalue weighted by Crippen LogP contribution is 2.35. The van der Waals surface area contributed by atoms with Crippen molar-refractivity contribution in [1.82, 2.24) is 5.32 Å². The number of carbonyl (C=O) groups is 2. The molecule has 1 heterocycles. The molecule has 72 valence electrons. The van der Waals surface area contributed by atoms with Crippen LogP contribution in [0, 0.1) is 5.41 Å². The first-order valence-electron chi connectivity index (χ1n) is 4.06. The van der Waals surface area contributed by atoms with Gasteiger partial charge in [-0.15, -0.1) is 6.58 Å². The molecule has 0 unspecified atom stereocenters. The number of ether oxygens (including phenoxy) is 1. The molecule has 0 aromatic carbocycles. The molecule has 0 aliphatic carbocycles. The highest BCUT2D eigenvalue weighted by molar-refractivity contribution is 6.00. The minimum absolute atomic E-state index is 0.122. The third kappa shape index (κ3) is 1.32. The fourth-order valence-electron chi connectivity index (χ4n) is 1.46. The summed E-state index contributed by atoms with van der Waals surface area (Å²) in [4.78, 5) is 22.4. The summed E-state index contributed by atoms with van der Waals surface area (Å²) in [6, 6.07) is -0.525. The van der Waals surface area contributed by atoms with Crippen molar-refractivity contribution in [3.63, 3.8) is 0 Å². The second kappa shape index (κ2) is 3.20. The Kier molecular flexibility index (Phi) is 2.40. The molecule has 1 fully saturated rings. The molecule has 1 aliphatic rings. The Bertz CT molecular complexity index is 262. The van der Waals surface area contributed by atoms with Gasteiger partial charge in [0.2, 0.25) is 5.91 Å². The molecule has 1 aliphatic heterocycles. The monoisotopic (exact) mass is 183 g/mol. The molecule has 0 spiro atoms. The predicted molar refractivity (Wildman–Crippen MR) is 46.9 cm³/mol. The fourth-order valence-corrected chi connectivity index (χ4v) is 1.46. The van der Waals surface area contributed by atoms with Crippen molar-refractivity contribution in [3.8, 4) is 0 Å². The molecule has 4 nitrogen and oxygen atoms in total. The molecule has 13 heavy (non-hydrogen) atoms. The molecule has 0 bridgehead atoms. The number of hydrogen-bond donors (Lipinski definition) is 1. The zero-order chi connectivity index (χ0) is 10.1. The number of rotatable bonds is 3. The summed E-state index contributed by atoms with van der Waals surface area (Å²) in [5, 5.41) is 2.51. The summed E-state index contributed by atoms with van der Waals surface area (Å²) in [5.41, 5.74) is -0.672. The van der Waals surface area contributed by atoms with Crippen LogP contribution < -0.4 is 5.32 Å². The molecule has 1 N–H and O–H groups in total. The van der Waals surface area contributed by atoms with E-state index in [1.165, 1.54) is 7.11 Å². The number of methoxy groups -OCH3 is 1. The van der Waals surface area contributed by atoms with E-state index >= 15 is 0 Å². The lowest BCUT2D eigenvalue weighted by Crippen LogP contribution is -2.68. The summed E-state index contributed by atoms with van der Waals surface area (Å²) in [6.45, 7) is 5.28. The van der Waals surface area contributed by atoms with Crippen LogP contribution in [0.25, 0.3) is 0 Å². The van der Waals surface area contributed by atoms with Gasteiger partial charge in [-0.3, -0.25) is 4.79 Å². The van der Waals surface area contributed by atoms with Crippen LogP contribution >= 0.6 is 0 Å². The van der Waals surface area contributed by atoms with Gasteiger partial charge in [0.25, 0.3) is 0 Å². The maximum atomic E-state index is 11.2. The van der Waals surface area contributed by atoms with Gasteiger partial charge in [0.1, 0.15) is 6.04 Å². The first-order chi connectivity index (χ1) is 6.06. The highest BCUT2D eigenvalue weighted by atomic mass is 16.5. The van der Waals surface area contributed by atoms with Crippen molar-refractivity contribution in [2.75, 3.05) is 7.11 Å². The van der Waals surface area contributed by atoms with E-state index < -0.39 is 17.4 Å². The van der Waals surface area contributed by atoms with E-state index in [0.29, 0.717) is 6.42 Å². The first-order valence-corrected chi connectivity index (χ1v) is 4.06. The summed E-state index contributed by atoms with van der Waals surface area (Å²) >= 11 is 0. The Balaban J connectivity index is 2.75. The van der Waals surface area contributed by atoms with Gasteiger partial charge >= 0.3 is 5.97 Å². The van der Waals surface area contributed by atoms with Crippen molar-refractivity contribution in [2.24, 2.45) is 5.41 Å². The molecule has 0 radical (unpaired) electrons. The van der Waals surface area contributed by atoms with E-state index in [9.17, 15) is 9.59 Å². The molecular weight excluding hydrogens is 170 g/mol. The number of carbonyl (C=O) groups excluding carboxylic acids is 2. The molecular formula is C9H13NO3. The van der Waals surface area contributed by atoms with Crippen LogP contribution in [0.5, 0.6) is 0 Å². The van der Waals surface area contributed by atoms with Gasteiger partial charge in [-0.05, 0) is 13.3 Å². The second-order valence-electron chi connectivity index (χ2n) is 3.34. The summed E-state index contributed by atoms with van der Waals surface area (Å²) in [6.07, 6.45) is 2.12. The number of β-lactam (4-membered cyclic amide) rings is 1. The van der Waals surface area contributed by atoms with Crippen LogP contribution in [0.4, 0.5) is 0 Å². The van der Waals surface area contributed by atoms with E-state index in [1.807, 2.05) is 0 Å². The lowest BCUT2D eigenvalue weighted by molar-refractivity contribution is -0.162. The number of hydrogen-bond acceptors (Lipinski definition) is 3. The Labute approximate surface area is 76.9 Å². The largest absolute Gasteiger partial charge is 0.467 e. The minimum atomic E-state index is -0.672. The fraction of sp³-hybridized carbons (Fsp3) is 0.556. The normalized spacial score (nSPS) is 31.5.